The highest BCUT2D eigenvalue weighted by atomic mass is 35.5. The molecule has 1 amide bonds. The van der Waals surface area contributed by atoms with Crippen molar-refractivity contribution in [3.05, 3.63) is 153 Å². The van der Waals surface area contributed by atoms with Gasteiger partial charge in [-0.1, -0.05) is 90.5 Å². The third-order valence-electron chi connectivity index (χ3n) is 6.78. The lowest BCUT2D eigenvalue weighted by Gasteiger charge is -2.25. The normalized spacial score (nSPS) is 11.2. The minimum atomic E-state index is -0.177. The molecule has 0 aliphatic heterocycles. The quantitative estimate of drug-likeness (QED) is 0.171. The number of carbonyl (C=O) groups is 1. The molecule has 0 radical (unpaired) electrons. The molecule has 0 unspecified atom stereocenters. The Morgan fingerprint density at radius 2 is 1.55 bits per heavy atom. The molecule has 5 nitrogen and oxygen atoms in total. The van der Waals surface area contributed by atoms with Gasteiger partial charge in [-0.15, -0.1) is 11.3 Å². The highest BCUT2D eigenvalue weighted by molar-refractivity contribution is 7.09. The van der Waals surface area contributed by atoms with Crippen LogP contribution in [0.4, 0.5) is 0 Å². The Hall–Kier alpha value is -3.84. The second-order valence-electron chi connectivity index (χ2n) is 9.67. The molecular formula is C33H31ClN4OS. The van der Waals surface area contributed by atoms with Crippen LogP contribution in [0.2, 0.25) is 5.02 Å². The Labute approximate surface area is 244 Å². The molecule has 2 aromatic heterocycles. The highest BCUT2D eigenvalue weighted by Crippen LogP contribution is 2.29. The first-order valence-electron chi connectivity index (χ1n) is 13.3. The molecule has 0 saturated heterocycles. The summed E-state index contributed by atoms with van der Waals surface area (Å²) >= 11 is 7.67. The van der Waals surface area contributed by atoms with Crippen molar-refractivity contribution < 1.29 is 4.79 Å². The van der Waals surface area contributed by atoms with Gasteiger partial charge < -0.3 is 5.32 Å². The molecule has 0 fully saturated rings. The number of pyridine rings is 1. The topological polar surface area (TPSA) is 58.1 Å². The summed E-state index contributed by atoms with van der Waals surface area (Å²) in [4.78, 5) is 23.9. The molecule has 3 aromatic carbocycles. The summed E-state index contributed by atoms with van der Waals surface area (Å²) in [6.45, 7) is 2.69. The van der Waals surface area contributed by atoms with Crippen LogP contribution < -0.4 is 5.32 Å². The molecule has 7 heteroatoms. The number of nitrogens with zero attached hydrogens (tertiary/aromatic N) is 3. The third kappa shape index (κ3) is 7.85. The van der Waals surface area contributed by atoms with Crippen molar-refractivity contribution in [2.45, 2.75) is 32.0 Å². The summed E-state index contributed by atoms with van der Waals surface area (Å²) in [6.07, 6.45) is 4.42. The molecule has 1 N–H and O–H groups in total. The van der Waals surface area contributed by atoms with Gasteiger partial charge in [-0.3, -0.25) is 14.7 Å². The zero-order chi connectivity index (χ0) is 27.6. The van der Waals surface area contributed by atoms with Crippen LogP contribution in [-0.4, -0.2) is 27.3 Å². The van der Waals surface area contributed by atoms with E-state index >= 15 is 0 Å². The van der Waals surface area contributed by atoms with Gasteiger partial charge in [0.15, 0.2) is 0 Å². The van der Waals surface area contributed by atoms with Crippen molar-refractivity contribution in [3.63, 3.8) is 0 Å². The summed E-state index contributed by atoms with van der Waals surface area (Å²) in [5.41, 5.74) is 5.20. The fourth-order valence-electron chi connectivity index (χ4n) is 4.72. The zero-order valence-electron chi connectivity index (χ0n) is 22.1. The van der Waals surface area contributed by atoms with Gasteiger partial charge in [-0.2, -0.15) is 0 Å². The van der Waals surface area contributed by atoms with Crippen molar-refractivity contribution in [3.8, 4) is 0 Å². The third-order valence-corrected chi connectivity index (χ3v) is 7.86. The van der Waals surface area contributed by atoms with Gasteiger partial charge in [0.1, 0.15) is 10.7 Å². The summed E-state index contributed by atoms with van der Waals surface area (Å²) < 4.78 is 0. The van der Waals surface area contributed by atoms with E-state index in [1.54, 1.807) is 12.4 Å². The first kappa shape index (κ1) is 27.7. The molecule has 0 atom stereocenters. The van der Waals surface area contributed by atoms with E-state index in [1.165, 1.54) is 28.0 Å². The minimum Gasteiger partial charge on any atom is -0.347 e. The molecular weight excluding hydrogens is 536 g/mol. The van der Waals surface area contributed by atoms with Crippen LogP contribution in [0.1, 0.15) is 50.1 Å². The maximum Gasteiger partial charge on any atom is 0.271 e. The monoisotopic (exact) mass is 566 g/mol. The molecule has 0 saturated carbocycles. The first-order chi connectivity index (χ1) is 19.6. The van der Waals surface area contributed by atoms with Crippen LogP contribution >= 0.6 is 22.9 Å². The van der Waals surface area contributed by atoms with Crippen LogP contribution in [0.25, 0.3) is 0 Å². The number of thiazole rings is 1. The van der Waals surface area contributed by atoms with Crippen LogP contribution in [0.5, 0.6) is 0 Å². The van der Waals surface area contributed by atoms with Crippen LogP contribution in [-0.2, 0) is 19.6 Å². The second kappa shape index (κ2) is 14.0. The predicted octanol–water partition coefficient (Wildman–Crippen LogP) is 7.35. The molecule has 0 bridgehead atoms. The number of carbonyl (C=O) groups excluding carboxylic acids is 1. The number of nitrogens with one attached hydrogen (secondary N) is 1. The highest BCUT2D eigenvalue weighted by Gasteiger charge is 2.18. The van der Waals surface area contributed by atoms with Crippen molar-refractivity contribution in [1.29, 1.82) is 0 Å². The largest absolute Gasteiger partial charge is 0.347 e. The second-order valence-corrected chi connectivity index (χ2v) is 11.0. The Kier molecular flexibility index (Phi) is 9.69. The molecule has 0 aliphatic carbocycles. The Morgan fingerprint density at radius 3 is 2.20 bits per heavy atom. The summed E-state index contributed by atoms with van der Waals surface area (Å²) in [5.74, 6) is 0.101. The maximum atomic E-state index is 12.8. The Balaban J connectivity index is 1.30. The summed E-state index contributed by atoms with van der Waals surface area (Å²) in [5, 5.41) is 6.42. The van der Waals surface area contributed by atoms with Crippen molar-refractivity contribution in [2.75, 3.05) is 6.54 Å². The molecule has 2 heterocycles. The van der Waals surface area contributed by atoms with E-state index < -0.39 is 0 Å². The number of hydrogen-bond acceptors (Lipinski definition) is 5. The molecule has 0 aliphatic rings. The SMILES string of the molecule is O=C(NCc1cccnc1)c1csc(CN(CCC(c2ccccc2)c2ccccc2)Cc2ccc(Cl)cc2)n1. The average Bonchev–Trinajstić information content (AvgIpc) is 3.47. The van der Waals surface area contributed by atoms with Gasteiger partial charge in [0.05, 0.1) is 6.54 Å². The molecule has 202 valence electrons. The molecule has 40 heavy (non-hydrogen) atoms. The van der Waals surface area contributed by atoms with Gasteiger partial charge in [0, 0.05) is 41.8 Å². The van der Waals surface area contributed by atoms with E-state index in [0.717, 1.165) is 35.1 Å². The number of amides is 1. The van der Waals surface area contributed by atoms with E-state index in [0.29, 0.717) is 18.8 Å². The van der Waals surface area contributed by atoms with E-state index in [2.05, 4.69) is 93.0 Å². The lowest BCUT2D eigenvalue weighted by Crippen LogP contribution is -2.26. The zero-order valence-corrected chi connectivity index (χ0v) is 23.7. The van der Waals surface area contributed by atoms with E-state index in [9.17, 15) is 4.79 Å². The van der Waals surface area contributed by atoms with Crippen molar-refractivity contribution in [1.82, 2.24) is 20.2 Å². The van der Waals surface area contributed by atoms with Crippen molar-refractivity contribution >= 4 is 28.8 Å². The van der Waals surface area contributed by atoms with Crippen molar-refractivity contribution in [2.24, 2.45) is 0 Å². The number of benzene rings is 3. The minimum absolute atomic E-state index is 0.177. The summed E-state index contributed by atoms with van der Waals surface area (Å²) in [6, 6.07) is 33.2. The Bertz CT molecular complexity index is 1440. The standard InChI is InChI=1S/C33H31ClN4OS/c34-29-15-13-25(14-16-29)22-38(19-17-30(27-9-3-1-4-10-27)28-11-5-2-6-12-28)23-32-37-31(24-40-32)33(39)36-21-26-8-7-18-35-20-26/h1-16,18,20,24,30H,17,19,21-23H2,(H,36,39). The Morgan fingerprint density at radius 1 is 0.850 bits per heavy atom. The van der Waals surface area contributed by atoms with Gasteiger partial charge in [0.25, 0.3) is 5.91 Å². The predicted molar refractivity (Wildman–Crippen MR) is 162 cm³/mol. The number of hydrogen-bond donors (Lipinski definition) is 1. The van der Waals surface area contributed by atoms with Crippen LogP contribution in [0.3, 0.4) is 0 Å². The van der Waals surface area contributed by atoms with E-state index in [-0.39, 0.29) is 11.8 Å². The fraction of sp³-hybridized carbons (Fsp3) is 0.182. The number of halogens is 1. The smallest absolute Gasteiger partial charge is 0.271 e. The number of aromatic nitrogens is 2. The lowest BCUT2D eigenvalue weighted by molar-refractivity contribution is 0.0946. The van der Waals surface area contributed by atoms with Gasteiger partial charge in [0.2, 0.25) is 0 Å². The summed E-state index contributed by atoms with van der Waals surface area (Å²) in [7, 11) is 0. The van der Waals surface area contributed by atoms with Crippen LogP contribution in [0.15, 0.2) is 115 Å². The average molecular weight is 567 g/mol. The van der Waals surface area contributed by atoms with Gasteiger partial charge >= 0.3 is 0 Å². The van der Waals surface area contributed by atoms with Crippen LogP contribution in [0, 0.1) is 0 Å². The first-order valence-corrected chi connectivity index (χ1v) is 14.6. The van der Waals surface area contributed by atoms with E-state index in [4.69, 9.17) is 11.6 Å². The van der Waals surface area contributed by atoms with E-state index in [1.807, 2.05) is 29.6 Å². The molecule has 0 spiro atoms. The maximum absolute atomic E-state index is 12.8. The molecule has 5 aromatic rings. The van der Waals surface area contributed by atoms with Gasteiger partial charge in [-0.05, 0) is 53.4 Å². The van der Waals surface area contributed by atoms with Gasteiger partial charge in [-0.25, -0.2) is 4.98 Å². The number of rotatable bonds is 12. The molecule has 5 rings (SSSR count). The fourth-order valence-corrected chi connectivity index (χ4v) is 5.67. The lowest BCUT2D eigenvalue weighted by atomic mass is 9.88.